The van der Waals surface area contributed by atoms with Gasteiger partial charge in [-0.25, -0.2) is 8.42 Å². The Morgan fingerprint density at radius 2 is 2.20 bits per heavy atom. The predicted molar refractivity (Wildman–Crippen MR) is 75.9 cm³/mol. The van der Waals surface area contributed by atoms with Crippen molar-refractivity contribution >= 4 is 15.8 Å². The molecular weight excluding hydrogens is 276 g/mol. The molecule has 1 aromatic heterocycles. The Morgan fingerprint density at radius 3 is 2.95 bits per heavy atom. The molecule has 3 rings (SSSR count). The van der Waals surface area contributed by atoms with E-state index >= 15 is 0 Å². The number of hydrogen-bond acceptors (Lipinski definition) is 4. The highest BCUT2D eigenvalue weighted by molar-refractivity contribution is 7.92. The molecule has 0 bridgehead atoms. The molecule has 0 radical (unpaired) electrons. The van der Waals surface area contributed by atoms with Gasteiger partial charge in [0.25, 0.3) is 10.0 Å². The van der Waals surface area contributed by atoms with Crippen molar-refractivity contribution in [3.05, 3.63) is 41.6 Å². The van der Waals surface area contributed by atoms with E-state index in [4.69, 9.17) is 0 Å². The standard InChI is InChI=1S/C13H16N4O2S/c1-17-8-6-13(15-17)16-20(18,19)12-4-2-3-10-9-14-7-5-11(10)12/h2-4,6,8,14H,5,7,9H2,1H3,(H,15,16). The van der Waals surface area contributed by atoms with Gasteiger partial charge in [-0.15, -0.1) is 0 Å². The third kappa shape index (κ3) is 2.41. The van der Waals surface area contributed by atoms with Gasteiger partial charge in [0, 0.05) is 25.9 Å². The molecule has 6 nitrogen and oxygen atoms in total. The summed E-state index contributed by atoms with van der Waals surface area (Å²) in [5.74, 6) is 0.332. The first-order valence-corrected chi connectivity index (χ1v) is 7.88. The highest BCUT2D eigenvalue weighted by atomic mass is 32.2. The molecule has 1 aliphatic rings. The van der Waals surface area contributed by atoms with Crippen LogP contribution in [0, 0.1) is 0 Å². The lowest BCUT2D eigenvalue weighted by molar-refractivity contribution is 0.593. The summed E-state index contributed by atoms with van der Waals surface area (Å²) in [6, 6.07) is 7.02. The van der Waals surface area contributed by atoms with Gasteiger partial charge in [-0.3, -0.25) is 9.40 Å². The van der Waals surface area contributed by atoms with Crippen molar-refractivity contribution < 1.29 is 8.42 Å². The van der Waals surface area contributed by atoms with Crippen LogP contribution in [0.25, 0.3) is 0 Å². The van der Waals surface area contributed by atoms with E-state index in [0.29, 0.717) is 23.7 Å². The molecule has 0 saturated carbocycles. The first-order chi connectivity index (χ1) is 9.56. The van der Waals surface area contributed by atoms with Crippen molar-refractivity contribution in [1.29, 1.82) is 0 Å². The Bertz CT molecular complexity index is 737. The number of sulfonamides is 1. The van der Waals surface area contributed by atoms with E-state index in [1.54, 1.807) is 36.1 Å². The number of aryl methyl sites for hydroxylation is 1. The Balaban J connectivity index is 1.99. The van der Waals surface area contributed by atoms with Crippen LogP contribution in [0.5, 0.6) is 0 Å². The summed E-state index contributed by atoms with van der Waals surface area (Å²) in [6.07, 6.45) is 2.41. The van der Waals surface area contributed by atoms with Crippen molar-refractivity contribution in [2.45, 2.75) is 17.9 Å². The predicted octanol–water partition coefficient (Wildman–Crippen LogP) is 0.867. The van der Waals surface area contributed by atoms with Gasteiger partial charge in [-0.05, 0) is 30.2 Å². The highest BCUT2D eigenvalue weighted by Crippen LogP contribution is 2.24. The van der Waals surface area contributed by atoms with Crippen LogP contribution in [0.1, 0.15) is 11.1 Å². The smallest absolute Gasteiger partial charge is 0.263 e. The van der Waals surface area contributed by atoms with Crippen molar-refractivity contribution in [3.8, 4) is 0 Å². The van der Waals surface area contributed by atoms with Gasteiger partial charge in [-0.1, -0.05) is 12.1 Å². The fourth-order valence-corrected chi connectivity index (χ4v) is 3.72. The molecule has 0 atom stereocenters. The molecule has 2 aromatic rings. The van der Waals surface area contributed by atoms with Gasteiger partial charge < -0.3 is 5.32 Å². The minimum Gasteiger partial charge on any atom is -0.312 e. The summed E-state index contributed by atoms with van der Waals surface area (Å²) < 4.78 is 29.1. The number of aromatic nitrogens is 2. The van der Waals surface area contributed by atoms with E-state index in [0.717, 1.165) is 17.7 Å². The number of benzene rings is 1. The minimum absolute atomic E-state index is 0.332. The third-order valence-corrected chi connectivity index (χ3v) is 4.78. The summed E-state index contributed by atoms with van der Waals surface area (Å²) in [5.41, 5.74) is 1.94. The quantitative estimate of drug-likeness (QED) is 0.880. The third-order valence-electron chi connectivity index (χ3n) is 3.34. The second kappa shape index (κ2) is 4.92. The van der Waals surface area contributed by atoms with Crippen molar-refractivity contribution in [2.24, 2.45) is 7.05 Å². The molecule has 106 valence electrons. The monoisotopic (exact) mass is 292 g/mol. The Hall–Kier alpha value is -1.86. The topological polar surface area (TPSA) is 76.0 Å². The Labute approximate surface area is 117 Å². The van der Waals surface area contributed by atoms with Gasteiger partial charge in [0.15, 0.2) is 5.82 Å². The average Bonchev–Trinajstić information content (AvgIpc) is 2.82. The summed E-state index contributed by atoms with van der Waals surface area (Å²) in [4.78, 5) is 0.349. The van der Waals surface area contributed by atoms with Gasteiger partial charge in [-0.2, -0.15) is 5.10 Å². The maximum atomic E-state index is 12.5. The molecule has 7 heteroatoms. The molecule has 2 N–H and O–H groups in total. The zero-order chi connectivity index (χ0) is 14.2. The molecule has 0 amide bonds. The summed E-state index contributed by atoms with van der Waals surface area (Å²) in [6.45, 7) is 1.51. The van der Waals surface area contributed by atoms with E-state index in [-0.39, 0.29) is 0 Å². The summed E-state index contributed by atoms with van der Waals surface area (Å²) >= 11 is 0. The number of fused-ring (bicyclic) bond motifs is 1. The van der Waals surface area contributed by atoms with Crippen LogP contribution in [-0.4, -0.2) is 24.7 Å². The fraction of sp³-hybridized carbons (Fsp3) is 0.308. The summed E-state index contributed by atoms with van der Waals surface area (Å²) in [7, 11) is -1.85. The second-order valence-corrected chi connectivity index (χ2v) is 6.45. The molecule has 2 heterocycles. The van der Waals surface area contributed by atoms with E-state index in [1.165, 1.54) is 0 Å². The Kier molecular flexibility index (Phi) is 3.23. The Morgan fingerprint density at radius 1 is 1.35 bits per heavy atom. The minimum atomic E-state index is -3.60. The van der Waals surface area contributed by atoms with Crippen LogP contribution in [0.3, 0.4) is 0 Å². The lowest BCUT2D eigenvalue weighted by atomic mass is 10.0. The van der Waals surface area contributed by atoms with Gasteiger partial charge in [0.05, 0.1) is 4.90 Å². The molecule has 1 aromatic carbocycles. The highest BCUT2D eigenvalue weighted by Gasteiger charge is 2.22. The maximum Gasteiger partial charge on any atom is 0.263 e. The van der Waals surface area contributed by atoms with Crippen molar-refractivity contribution in [3.63, 3.8) is 0 Å². The first-order valence-electron chi connectivity index (χ1n) is 6.40. The molecule has 0 saturated heterocycles. The zero-order valence-corrected chi connectivity index (χ0v) is 11.9. The molecule has 1 aliphatic heterocycles. The van der Waals surface area contributed by atoms with Crippen LogP contribution in [0.4, 0.5) is 5.82 Å². The van der Waals surface area contributed by atoms with E-state index in [2.05, 4.69) is 15.1 Å². The van der Waals surface area contributed by atoms with Crippen molar-refractivity contribution in [1.82, 2.24) is 15.1 Å². The number of nitrogens with zero attached hydrogens (tertiary/aromatic N) is 2. The maximum absolute atomic E-state index is 12.5. The van der Waals surface area contributed by atoms with Crippen LogP contribution < -0.4 is 10.0 Å². The fourth-order valence-electron chi connectivity index (χ4n) is 2.41. The number of rotatable bonds is 3. The van der Waals surface area contributed by atoms with E-state index in [1.807, 2.05) is 6.07 Å². The average molecular weight is 292 g/mol. The SMILES string of the molecule is Cn1ccc(NS(=O)(=O)c2cccc3c2CCNC3)n1. The van der Waals surface area contributed by atoms with Gasteiger partial charge >= 0.3 is 0 Å². The van der Waals surface area contributed by atoms with Crippen LogP contribution in [0.2, 0.25) is 0 Å². The zero-order valence-electron chi connectivity index (χ0n) is 11.1. The number of nitrogens with one attached hydrogen (secondary N) is 2. The van der Waals surface area contributed by atoms with Crippen molar-refractivity contribution in [2.75, 3.05) is 11.3 Å². The van der Waals surface area contributed by atoms with Gasteiger partial charge in [0.1, 0.15) is 0 Å². The lowest BCUT2D eigenvalue weighted by Crippen LogP contribution is -2.26. The lowest BCUT2D eigenvalue weighted by Gasteiger charge is -2.20. The molecular formula is C13H16N4O2S. The number of hydrogen-bond donors (Lipinski definition) is 2. The van der Waals surface area contributed by atoms with Crippen LogP contribution >= 0.6 is 0 Å². The largest absolute Gasteiger partial charge is 0.312 e. The first kappa shape index (κ1) is 13.1. The van der Waals surface area contributed by atoms with E-state index < -0.39 is 10.0 Å². The molecule has 20 heavy (non-hydrogen) atoms. The van der Waals surface area contributed by atoms with E-state index in [9.17, 15) is 8.42 Å². The normalized spacial score (nSPS) is 14.8. The summed E-state index contributed by atoms with van der Waals surface area (Å²) in [5, 5.41) is 7.29. The van der Waals surface area contributed by atoms with Gasteiger partial charge in [0.2, 0.25) is 0 Å². The van der Waals surface area contributed by atoms with Crippen LogP contribution in [-0.2, 0) is 30.0 Å². The molecule has 0 spiro atoms. The van der Waals surface area contributed by atoms with Crippen LogP contribution in [0.15, 0.2) is 35.4 Å². The number of anilines is 1. The molecule has 0 aliphatic carbocycles. The molecule has 0 unspecified atom stereocenters. The molecule has 0 fully saturated rings. The second-order valence-electron chi connectivity index (χ2n) is 4.80.